The van der Waals surface area contributed by atoms with E-state index in [-0.39, 0.29) is 5.91 Å². The van der Waals surface area contributed by atoms with Crippen LogP contribution in [0.5, 0.6) is 0 Å². The number of nitrogens with zero attached hydrogens (tertiary/aromatic N) is 1. The van der Waals surface area contributed by atoms with Crippen LogP contribution in [-0.4, -0.2) is 51.1 Å². The van der Waals surface area contributed by atoms with Crippen molar-refractivity contribution in [3.63, 3.8) is 0 Å². The third kappa shape index (κ3) is 6.41. The van der Waals surface area contributed by atoms with Crippen molar-refractivity contribution in [3.05, 3.63) is 22.4 Å². The van der Waals surface area contributed by atoms with E-state index in [1.54, 1.807) is 11.3 Å². The van der Waals surface area contributed by atoms with Gasteiger partial charge < -0.3 is 10.6 Å². The van der Waals surface area contributed by atoms with Crippen LogP contribution in [0, 0.1) is 0 Å². The van der Waals surface area contributed by atoms with Gasteiger partial charge in [-0.2, -0.15) is 0 Å². The fourth-order valence-corrected chi connectivity index (χ4v) is 2.17. The van der Waals surface area contributed by atoms with E-state index in [1.807, 2.05) is 25.1 Å². The zero-order valence-electron chi connectivity index (χ0n) is 10.5. The first-order valence-electron chi connectivity index (χ1n) is 5.84. The highest BCUT2D eigenvalue weighted by atomic mass is 32.1. The Balaban J connectivity index is 2.08. The van der Waals surface area contributed by atoms with E-state index in [0.29, 0.717) is 6.54 Å². The summed E-state index contributed by atoms with van der Waals surface area (Å²) in [4.78, 5) is 14.9. The molecule has 1 aromatic heterocycles. The number of likely N-dealkylation sites (N-methyl/N-ethyl adjacent to an activating group) is 2. The van der Waals surface area contributed by atoms with Gasteiger partial charge in [0.25, 0.3) is 0 Å². The van der Waals surface area contributed by atoms with Gasteiger partial charge in [-0.15, -0.1) is 11.3 Å². The van der Waals surface area contributed by atoms with E-state index in [4.69, 9.17) is 0 Å². The van der Waals surface area contributed by atoms with Gasteiger partial charge in [-0.3, -0.25) is 9.69 Å². The maximum atomic E-state index is 11.6. The zero-order valence-corrected chi connectivity index (χ0v) is 11.3. The molecule has 1 heterocycles. The van der Waals surface area contributed by atoms with Gasteiger partial charge in [0.1, 0.15) is 0 Å². The van der Waals surface area contributed by atoms with Gasteiger partial charge >= 0.3 is 0 Å². The summed E-state index contributed by atoms with van der Waals surface area (Å²) in [5.74, 6) is 0.0974. The Kier molecular flexibility index (Phi) is 6.84. The van der Waals surface area contributed by atoms with E-state index in [1.165, 1.54) is 4.88 Å². The van der Waals surface area contributed by atoms with Crippen LogP contribution < -0.4 is 10.6 Å². The standard InChI is InChI=1S/C12H21N3OS/c1-13-7-8-15(2)10-12(16)14-6-5-11-4-3-9-17-11/h3-4,9,13H,5-8,10H2,1-2H3,(H,14,16). The van der Waals surface area contributed by atoms with Crippen LogP contribution in [0.3, 0.4) is 0 Å². The predicted octanol–water partition coefficient (Wildman–Crippen LogP) is 0.558. The number of amides is 1. The fraction of sp³-hybridized carbons (Fsp3) is 0.583. The minimum Gasteiger partial charge on any atom is -0.355 e. The third-order valence-electron chi connectivity index (χ3n) is 2.43. The average Bonchev–Trinajstić information content (AvgIpc) is 2.79. The maximum Gasteiger partial charge on any atom is 0.234 e. The lowest BCUT2D eigenvalue weighted by atomic mass is 10.3. The number of nitrogens with one attached hydrogen (secondary N) is 2. The largest absolute Gasteiger partial charge is 0.355 e. The predicted molar refractivity (Wildman–Crippen MR) is 72.5 cm³/mol. The molecule has 1 aromatic rings. The smallest absolute Gasteiger partial charge is 0.234 e. The second-order valence-electron chi connectivity index (χ2n) is 4.02. The summed E-state index contributed by atoms with van der Waals surface area (Å²) in [7, 11) is 3.87. The van der Waals surface area contributed by atoms with Crippen LogP contribution in [0.25, 0.3) is 0 Å². The van der Waals surface area contributed by atoms with Crippen molar-refractivity contribution in [3.8, 4) is 0 Å². The molecule has 0 bridgehead atoms. The lowest BCUT2D eigenvalue weighted by Crippen LogP contribution is -2.38. The molecule has 5 heteroatoms. The molecule has 0 aliphatic heterocycles. The first-order chi connectivity index (χ1) is 8.22. The van der Waals surface area contributed by atoms with Crippen LogP contribution in [0.2, 0.25) is 0 Å². The van der Waals surface area contributed by atoms with Crippen molar-refractivity contribution in [2.24, 2.45) is 0 Å². The van der Waals surface area contributed by atoms with E-state index in [2.05, 4.69) is 22.1 Å². The maximum absolute atomic E-state index is 11.6. The summed E-state index contributed by atoms with van der Waals surface area (Å²) in [5, 5.41) is 8.05. The lowest BCUT2D eigenvalue weighted by molar-refractivity contribution is -0.121. The minimum atomic E-state index is 0.0974. The van der Waals surface area contributed by atoms with Crippen LogP contribution in [0.4, 0.5) is 0 Å². The molecular weight excluding hydrogens is 234 g/mol. The molecule has 96 valence electrons. The molecule has 0 fully saturated rings. The van der Waals surface area contributed by atoms with Gasteiger partial charge in [0, 0.05) is 24.5 Å². The Morgan fingerprint density at radius 1 is 1.47 bits per heavy atom. The quantitative estimate of drug-likeness (QED) is 0.713. The lowest BCUT2D eigenvalue weighted by Gasteiger charge is -2.15. The Morgan fingerprint density at radius 3 is 2.94 bits per heavy atom. The Morgan fingerprint density at radius 2 is 2.29 bits per heavy atom. The third-order valence-corrected chi connectivity index (χ3v) is 3.37. The molecule has 0 aliphatic carbocycles. The Hall–Kier alpha value is -0.910. The molecule has 0 saturated heterocycles. The van der Waals surface area contributed by atoms with Crippen LogP contribution in [0.1, 0.15) is 4.88 Å². The van der Waals surface area contributed by atoms with Crippen molar-refractivity contribution in [1.29, 1.82) is 0 Å². The minimum absolute atomic E-state index is 0.0974. The molecule has 1 rings (SSSR count). The summed E-state index contributed by atoms with van der Waals surface area (Å²) in [6.45, 7) is 2.97. The summed E-state index contributed by atoms with van der Waals surface area (Å²) in [6.07, 6.45) is 0.920. The van der Waals surface area contributed by atoms with Crippen LogP contribution >= 0.6 is 11.3 Å². The summed E-state index contributed by atoms with van der Waals surface area (Å²) >= 11 is 1.73. The number of hydrogen-bond donors (Lipinski definition) is 2. The van der Waals surface area contributed by atoms with Crippen molar-refractivity contribution in [2.75, 3.05) is 40.3 Å². The van der Waals surface area contributed by atoms with Crippen molar-refractivity contribution in [1.82, 2.24) is 15.5 Å². The highest BCUT2D eigenvalue weighted by Crippen LogP contribution is 2.07. The molecular formula is C12H21N3OS. The number of carbonyl (C=O) groups is 1. The highest BCUT2D eigenvalue weighted by molar-refractivity contribution is 7.09. The van der Waals surface area contributed by atoms with Gasteiger partial charge in [0.05, 0.1) is 6.54 Å². The van der Waals surface area contributed by atoms with Gasteiger partial charge in [-0.1, -0.05) is 6.07 Å². The van der Waals surface area contributed by atoms with Gasteiger partial charge in [-0.25, -0.2) is 0 Å². The Labute approximate surface area is 107 Å². The van der Waals surface area contributed by atoms with Gasteiger partial charge in [0.2, 0.25) is 5.91 Å². The second-order valence-corrected chi connectivity index (χ2v) is 5.05. The van der Waals surface area contributed by atoms with E-state index < -0.39 is 0 Å². The number of rotatable bonds is 8. The molecule has 0 saturated carbocycles. The van der Waals surface area contributed by atoms with E-state index >= 15 is 0 Å². The molecule has 2 N–H and O–H groups in total. The fourth-order valence-electron chi connectivity index (χ4n) is 1.46. The highest BCUT2D eigenvalue weighted by Gasteiger charge is 2.05. The zero-order chi connectivity index (χ0) is 12.5. The molecule has 4 nitrogen and oxygen atoms in total. The van der Waals surface area contributed by atoms with Crippen LogP contribution in [-0.2, 0) is 11.2 Å². The molecule has 0 spiro atoms. The molecule has 0 unspecified atom stereocenters. The normalized spacial score (nSPS) is 10.8. The second kappa shape index (κ2) is 8.22. The van der Waals surface area contributed by atoms with Gasteiger partial charge in [0.15, 0.2) is 0 Å². The topological polar surface area (TPSA) is 44.4 Å². The molecule has 0 atom stereocenters. The van der Waals surface area contributed by atoms with Gasteiger partial charge in [-0.05, 0) is 32.0 Å². The first kappa shape index (κ1) is 14.2. The SMILES string of the molecule is CNCCN(C)CC(=O)NCCc1cccs1. The molecule has 0 radical (unpaired) electrons. The van der Waals surface area contributed by atoms with Crippen molar-refractivity contribution in [2.45, 2.75) is 6.42 Å². The van der Waals surface area contributed by atoms with Crippen molar-refractivity contribution >= 4 is 17.2 Å². The summed E-state index contributed by atoms with van der Waals surface area (Å²) in [6, 6.07) is 4.13. The van der Waals surface area contributed by atoms with Crippen LogP contribution in [0.15, 0.2) is 17.5 Å². The first-order valence-corrected chi connectivity index (χ1v) is 6.72. The number of hydrogen-bond acceptors (Lipinski definition) is 4. The average molecular weight is 255 g/mol. The van der Waals surface area contributed by atoms with Crippen molar-refractivity contribution < 1.29 is 4.79 Å². The van der Waals surface area contributed by atoms with E-state index in [0.717, 1.165) is 26.1 Å². The molecule has 17 heavy (non-hydrogen) atoms. The summed E-state index contributed by atoms with van der Waals surface area (Å²) < 4.78 is 0. The number of carbonyl (C=O) groups excluding carboxylic acids is 1. The molecule has 0 aromatic carbocycles. The Bertz CT molecular complexity index is 314. The van der Waals surface area contributed by atoms with E-state index in [9.17, 15) is 4.79 Å². The number of thiophene rings is 1. The summed E-state index contributed by atoms with van der Waals surface area (Å²) in [5.41, 5.74) is 0. The molecule has 0 aliphatic rings. The molecule has 1 amide bonds. The monoisotopic (exact) mass is 255 g/mol.